The molecule has 0 spiro atoms. The highest BCUT2D eigenvalue weighted by atomic mass is 32.2. The number of pyridine rings is 1. The van der Waals surface area contributed by atoms with Crippen molar-refractivity contribution in [3.8, 4) is 0 Å². The topological polar surface area (TPSA) is 131 Å². The van der Waals surface area contributed by atoms with E-state index in [0.29, 0.717) is 24.1 Å². The summed E-state index contributed by atoms with van der Waals surface area (Å²) in [5, 5.41) is 18.4. The van der Waals surface area contributed by atoms with Gasteiger partial charge >= 0.3 is 6.03 Å². The molecule has 30 heavy (non-hydrogen) atoms. The number of thiazole rings is 1. The van der Waals surface area contributed by atoms with E-state index in [1.54, 1.807) is 0 Å². The zero-order valence-electron chi connectivity index (χ0n) is 16.4. The fourth-order valence-corrected chi connectivity index (χ4v) is 5.79. The van der Waals surface area contributed by atoms with Crippen molar-refractivity contribution in [1.82, 2.24) is 9.97 Å². The number of anilines is 1. The molecule has 2 aliphatic carbocycles. The van der Waals surface area contributed by atoms with Gasteiger partial charge in [0, 0.05) is 12.1 Å². The first-order valence-electron chi connectivity index (χ1n) is 9.36. The minimum atomic E-state index is -3.67. The summed E-state index contributed by atoms with van der Waals surface area (Å²) in [5.41, 5.74) is 0.0150. The van der Waals surface area contributed by atoms with Gasteiger partial charge in [-0.2, -0.15) is 0 Å². The van der Waals surface area contributed by atoms with Crippen LogP contribution < -0.4 is 10.5 Å². The van der Waals surface area contributed by atoms with Gasteiger partial charge in [-0.15, -0.1) is 15.7 Å². The Kier molecular flexibility index (Phi) is 4.96. The van der Waals surface area contributed by atoms with Gasteiger partial charge < -0.3 is 10.4 Å². The van der Waals surface area contributed by atoms with Gasteiger partial charge in [-0.1, -0.05) is 0 Å². The smallest absolute Gasteiger partial charge is 0.354 e. The number of amides is 2. The normalized spacial score (nSPS) is 19.1. The van der Waals surface area contributed by atoms with Gasteiger partial charge in [0.05, 0.1) is 23.1 Å². The summed E-state index contributed by atoms with van der Waals surface area (Å²) in [6, 6.07) is -1.08. The van der Waals surface area contributed by atoms with Gasteiger partial charge in [0.25, 0.3) is 5.92 Å². The molecule has 4 N–H and O–H groups in total. The van der Waals surface area contributed by atoms with Gasteiger partial charge in [0.15, 0.2) is 9.92 Å². The number of nitrogens with one attached hydrogen (secondary N) is 1. The molecule has 162 valence electrons. The standard InChI is InChI=1S/C18H21F2N5O3S2/c1-17(2,27)15-22-8-12(29-15)30(21,28)25-16(26)24-14-9-4-3-5-10(9)23-11-6-7-18(19,20)13(11)14/h8,27H,3-7H2,1-2H3,(H3,21,23,24,25,26,28). The largest absolute Gasteiger partial charge is 0.383 e. The number of carbonyl (C=O) groups is 1. The first kappa shape index (κ1) is 21.2. The number of aryl methyl sites for hydroxylation is 2. The summed E-state index contributed by atoms with van der Waals surface area (Å²) in [7, 11) is -3.67. The Morgan fingerprint density at radius 1 is 1.37 bits per heavy atom. The van der Waals surface area contributed by atoms with Gasteiger partial charge in [-0.25, -0.2) is 27.9 Å². The quantitative estimate of drug-likeness (QED) is 0.651. The Bertz CT molecular complexity index is 1160. The number of nitrogens with two attached hydrogens (primary N) is 1. The first-order valence-corrected chi connectivity index (χ1v) is 11.8. The van der Waals surface area contributed by atoms with E-state index in [4.69, 9.17) is 5.14 Å². The number of hydrogen-bond donors (Lipinski definition) is 3. The number of hydrogen-bond acceptors (Lipinski definition) is 6. The van der Waals surface area contributed by atoms with Crippen molar-refractivity contribution in [1.29, 1.82) is 0 Å². The second-order valence-corrected chi connectivity index (χ2v) is 11.0. The zero-order chi connectivity index (χ0) is 21.9. The summed E-state index contributed by atoms with van der Waals surface area (Å²) in [6.45, 7) is 3.01. The molecule has 2 amide bonds. The molecular formula is C18H21F2N5O3S2. The molecule has 0 bridgehead atoms. The SMILES string of the molecule is CC(C)(O)c1ncc(S(N)(=O)=NC(=O)Nc2c3c(nc4c2C(F)(F)CC4)CCC3)s1. The second-order valence-electron chi connectivity index (χ2n) is 7.93. The Morgan fingerprint density at radius 3 is 2.77 bits per heavy atom. The highest BCUT2D eigenvalue weighted by Crippen LogP contribution is 2.48. The van der Waals surface area contributed by atoms with Crippen LogP contribution in [0.3, 0.4) is 0 Å². The highest BCUT2D eigenvalue weighted by molar-refractivity contribution is 7.93. The highest BCUT2D eigenvalue weighted by Gasteiger charge is 2.44. The molecule has 0 radical (unpaired) electrons. The monoisotopic (exact) mass is 457 g/mol. The van der Waals surface area contributed by atoms with Crippen LogP contribution in [0, 0.1) is 0 Å². The number of rotatable bonds is 3. The van der Waals surface area contributed by atoms with Crippen molar-refractivity contribution in [2.45, 2.75) is 61.7 Å². The predicted octanol–water partition coefficient (Wildman–Crippen LogP) is 3.22. The fourth-order valence-electron chi connectivity index (χ4n) is 3.72. The average molecular weight is 458 g/mol. The molecule has 0 saturated carbocycles. The Morgan fingerprint density at radius 2 is 2.10 bits per heavy atom. The lowest BCUT2D eigenvalue weighted by molar-refractivity contribution is -0.00121. The van der Waals surface area contributed by atoms with Crippen LogP contribution in [-0.4, -0.2) is 25.3 Å². The molecule has 0 saturated heterocycles. The maximum Gasteiger partial charge on any atom is 0.354 e. The van der Waals surface area contributed by atoms with E-state index in [9.17, 15) is 22.9 Å². The van der Waals surface area contributed by atoms with Gasteiger partial charge in [0.1, 0.15) is 14.8 Å². The van der Waals surface area contributed by atoms with Crippen molar-refractivity contribution in [2.75, 3.05) is 5.32 Å². The lowest BCUT2D eigenvalue weighted by Crippen LogP contribution is -2.20. The van der Waals surface area contributed by atoms with Crippen molar-refractivity contribution < 1.29 is 22.9 Å². The molecule has 1 atom stereocenters. The number of urea groups is 1. The van der Waals surface area contributed by atoms with Crippen molar-refractivity contribution in [3.63, 3.8) is 0 Å². The molecular weight excluding hydrogens is 436 g/mol. The van der Waals surface area contributed by atoms with E-state index < -0.39 is 27.5 Å². The molecule has 0 aromatic carbocycles. The first-order chi connectivity index (χ1) is 13.9. The molecule has 0 fully saturated rings. The number of aromatic nitrogens is 2. The lowest BCUT2D eigenvalue weighted by atomic mass is 10.0. The van der Waals surface area contributed by atoms with E-state index in [1.807, 2.05) is 0 Å². The number of aliphatic hydroxyl groups is 1. The summed E-state index contributed by atoms with van der Waals surface area (Å²) in [4.78, 5) is 20.9. The second kappa shape index (κ2) is 7.01. The van der Waals surface area contributed by atoms with Crippen LogP contribution in [0.15, 0.2) is 14.8 Å². The number of nitrogens with zero attached hydrogens (tertiary/aromatic N) is 3. The molecule has 0 aliphatic heterocycles. The number of carbonyl (C=O) groups excluding carboxylic acids is 1. The molecule has 4 rings (SSSR count). The van der Waals surface area contributed by atoms with E-state index in [0.717, 1.165) is 17.8 Å². The van der Waals surface area contributed by atoms with Gasteiger partial charge in [-0.05, 0) is 45.1 Å². The Labute approximate surface area is 176 Å². The number of halogens is 2. The third-order valence-corrected chi connectivity index (χ3v) is 8.28. The number of alkyl halides is 2. The molecule has 1 unspecified atom stereocenters. The van der Waals surface area contributed by atoms with Crippen molar-refractivity contribution in [3.05, 3.63) is 33.7 Å². The molecule has 12 heteroatoms. The van der Waals surface area contributed by atoms with E-state index in [1.165, 1.54) is 20.0 Å². The Balaban J connectivity index is 1.70. The molecule has 2 aromatic heterocycles. The predicted molar refractivity (Wildman–Crippen MR) is 108 cm³/mol. The van der Waals surface area contributed by atoms with E-state index >= 15 is 0 Å². The van der Waals surface area contributed by atoms with Crippen LogP contribution >= 0.6 is 11.3 Å². The van der Waals surface area contributed by atoms with E-state index in [2.05, 4.69) is 19.6 Å². The summed E-state index contributed by atoms with van der Waals surface area (Å²) < 4.78 is 45.4. The molecule has 2 aliphatic rings. The summed E-state index contributed by atoms with van der Waals surface area (Å²) >= 11 is 0.870. The minimum Gasteiger partial charge on any atom is -0.383 e. The maximum atomic E-state index is 14.5. The van der Waals surface area contributed by atoms with Crippen LogP contribution in [-0.2, 0) is 40.7 Å². The Hall–Kier alpha value is -2.02. The minimum absolute atomic E-state index is 0.00490. The maximum absolute atomic E-state index is 14.5. The third-order valence-electron chi connectivity index (χ3n) is 5.09. The molecule has 8 nitrogen and oxygen atoms in total. The fraction of sp³-hybridized carbons (Fsp3) is 0.500. The van der Waals surface area contributed by atoms with Crippen LogP contribution in [0.5, 0.6) is 0 Å². The van der Waals surface area contributed by atoms with Gasteiger partial charge in [0.2, 0.25) is 0 Å². The van der Waals surface area contributed by atoms with Crippen LogP contribution in [0.2, 0.25) is 0 Å². The van der Waals surface area contributed by atoms with Crippen LogP contribution in [0.25, 0.3) is 0 Å². The lowest BCUT2D eigenvalue weighted by Gasteiger charge is -2.18. The van der Waals surface area contributed by atoms with Crippen LogP contribution in [0.1, 0.15) is 54.2 Å². The zero-order valence-corrected chi connectivity index (χ0v) is 18.0. The number of fused-ring (bicyclic) bond motifs is 2. The van der Waals surface area contributed by atoms with Crippen molar-refractivity contribution in [2.24, 2.45) is 9.50 Å². The average Bonchev–Trinajstić information content (AvgIpc) is 3.32. The van der Waals surface area contributed by atoms with Crippen LogP contribution in [0.4, 0.5) is 19.3 Å². The molecule has 2 aromatic rings. The van der Waals surface area contributed by atoms with Crippen molar-refractivity contribution >= 4 is 33.0 Å². The summed E-state index contributed by atoms with van der Waals surface area (Å²) in [5.74, 6) is -3.11. The van der Waals surface area contributed by atoms with Gasteiger partial charge in [-0.3, -0.25) is 4.98 Å². The summed E-state index contributed by atoms with van der Waals surface area (Å²) in [6.07, 6.45) is 2.87. The third kappa shape index (κ3) is 3.72. The molecule has 2 heterocycles. The van der Waals surface area contributed by atoms with E-state index in [-0.39, 0.29) is 39.0 Å².